The van der Waals surface area contributed by atoms with Crippen LogP contribution < -0.4 is 10.0 Å². The number of anilines is 2. The minimum atomic E-state index is -4.37. The van der Waals surface area contributed by atoms with Gasteiger partial charge in [0.1, 0.15) is 11.6 Å². The molecule has 4 rings (SSSR count). The van der Waals surface area contributed by atoms with E-state index in [9.17, 15) is 22.0 Å². The fourth-order valence-corrected chi connectivity index (χ4v) is 4.81. The van der Waals surface area contributed by atoms with E-state index in [1.807, 2.05) is 0 Å². The van der Waals surface area contributed by atoms with Crippen molar-refractivity contribution in [2.45, 2.75) is 32.6 Å². The Morgan fingerprint density at radius 1 is 0.973 bits per heavy atom. The van der Waals surface area contributed by atoms with Gasteiger partial charge in [0.05, 0.1) is 21.7 Å². The van der Waals surface area contributed by atoms with E-state index in [-0.39, 0.29) is 27.9 Å². The molecule has 11 heteroatoms. The maximum atomic E-state index is 15.4. The third-order valence-electron chi connectivity index (χ3n) is 5.55. The average Bonchev–Trinajstić information content (AvgIpc) is 2.82. The van der Waals surface area contributed by atoms with E-state index in [4.69, 9.17) is 0 Å². The zero-order chi connectivity index (χ0) is 27.1. The van der Waals surface area contributed by atoms with E-state index in [1.165, 1.54) is 37.4 Å². The number of nitrogens with zero attached hydrogens (tertiary/aromatic N) is 2. The molecule has 4 aromatic rings. The predicted octanol–water partition coefficient (Wildman–Crippen LogP) is 5.81. The summed E-state index contributed by atoms with van der Waals surface area (Å²) in [5, 5.41) is 3.06. The molecule has 0 unspecified atom stereocenters. The maximum Gasteiger partial charge on any atom is 0.262 e. The first-order chi connectivity index (χ1) is 17.3. The number of rotatable bonds is 5. The summed E-state index contributed by atoms with van der Waals surface area (Å²) in [5.41, 5.74) is -0.844. The molecule has 0 aliphatic rings. The van der Waals surface area contributed by atoms with Gasteiger partial charge in [0.25, 0.3) is 10.0 Å². The first-order valence-electron chi connectivity index (χ1n) is 11.1. The van der Waals surface area contributed by atoms with Crippen LogP contribution in [0.2, 0.25) is 0 Å². The third-order valence-corrected chi connectivity index (χ3v) is 7.06. The number of benzene rings is 3. The molecule has 0 bridgehead atoms. The van der Waals surface area contributed by atoms with Crippen molar-refractivity contribution < 1.29 is 26.4 Å². The molecule has 0 spiro atoms. The lowest BCUT2D eigenvalue weighted by Crippen LogP contribution is -2.28. The van der Waals surface area contributed by atoms with Gasteiger partial charge < -0.3 is 0 Å². The molecule has 0 aliphatic heterocycles. The lowest BCUT2D eigenvalue weighted by molar-refractivity contribution is -0.123. The Morgan fingerprint density at radius 2 is 1.70 bits per heavy atom. The lowest BCUT2D eigenvalue weighted by atomic mass is 9.96. The zero-order valence-electron chi connectivity index (χ0n) is 20.4. The summed E-state index contributed by atoms with van der Waals surface area (Å²) in [6.07, 6.45) is 1.40. The molecule has 0 atom stereocenters. The Balaban J connectivity index is 1.70. The SMILES string of the molecule is Cc1ccc(F)cc1S(=O)(=O)Nc1ccc(F)c(-c2ccc3nc(NC(=O)C(C)(C)C)ncc3c2)c1F. The fraction of sp³-hybridized carbons (Fsp3) is 0.192. The van der Waals surface area contributed by atoms with Crippen molar-refractivity contribution in [2.75, 3.05) is 10.0 Å². The molecule has 1 amide bonds. The molecule has 37 heavy (non-hydrogen) atoms. The van der Waals surface area contributed by atoms with Crippen LogP contribution in [0.5, 0.6) is 0 Å². The van der Waals surface area contributed by atoms with Crippen molar-refractivity contribution in [3.63, 3.8) is 0 Å². The van der Waals surface area contributed by atoms with Crippen LogP contribution in [0.15, 0.2) is 59.6 Å². The van der Waals surface area contributed by atoms with Crippen molar-refractivity contribution in [1.82, 2.24) is 9.97 Å². The number of fused-ring (bicyclic) bond motifs is 1. The number of sulfonamides is 1. The van der Waals surface area contributed by atoms with Crippen LogP contribution in [0.4, 0.5) is 24.8 Å². The molecule has 0 saturated heterocycles. The number of aromatic nitrogens is 2. The van der Waals surface area contributed by atoms with Crippen LogP contribution in [-0.4, -0.2) is 24.3 Å². The van der Waals surface area contributed by atoms with Crippen molar-refractivity contribution in [3.05, 3.63) is 77.7 Å². The molecule has 1 aromatic heterocycles. The molecule has 0 saturated carbocycles. The molecule has 0 fully saturated rings. The third kappa shape index (κ3) is 5.41. The monoisotopic (exact) mass is 528 g/mol. The number of carbonyl (C=O) groups is 1. The van der Waals surface area contributed by atoms with E-state index < -0.39 is 44.1 Å². The van der Waals surface area contributed by atoms with E-state index in [0.29, 0.717) is 10.9 Å². The number of halogens is 3. The second kappa shape index (κ2) is 9.47. The van der Waals surface area contributed by atoms with Gasteiger partial charge in [-0.2, -0.15) is 0 Å². The summed E-state index contributed by atoms with van der Waals surface area (Å²) in [5.74, 6) is -3.03. The Morgan fingerprint density at radius 3 is 2.41 bits per heavy atom. The minimum Gasteiger partial charge on any atom is -0.294 e. The normalized spacial score (nSPS) is 12.0. The summed E-state index contributed by atoms with van der Waals surface area (Å²) in [6, 6.07) is 9.47. The Labute approximate surface area is 211 Å². The molecule has 192 valence electrons. The summed E-state index contributed by atoms with van der Waals surface area (Å²) in [7, 11) is -4.37. The Bertz CT molecular complexity index is 1650. The van der Waals surface area contributed by atoms with Gasteiger partial charge in [-0.3, -0.25) is 14.8 Å². The largest absolute Gasteiger partial charge is 0.294 e. The zero-order valence-corrected chi connectivity index (χ0v) is 21.2. The highest BCUT2D eigenvalue weighted by atomic mass is 32.2. The Kier molecular flexibility index (Phi) is 6.68. The van der Waals surface area contributed by atoms with Crippen LogP contribution in [0.3, 0.4) is 0 Å². The fourth-order valence-electron chi connectivity index (χ4n) is 3.50. The van der Waals surface area contributed by atoms with E-state index in [2.05, 4.69) is 20.0 Å². The number of amides is 1. The topological polar surface area (TPSA) is 101 Å². The number of aryl methyl sites for hydroxylation is 1. The van der Waals surface area contributed by atoms with Crippen LogP contribution >= 0.6 is 0 Å². The minimum absolute atomic E-state index is 0.0848. The van der Waals surface area contributed by atoms with Gasteiger partial charge in [-0.05, 0) is 54.4 Å². The van der Waals surface area contributed by atoms with Crippen LogP contribution in [0.1, 0.15) is 26.3 Å². The highest BCUT2D eigenvalue weighted by Gasteiger charge is 2.24. The molecule has 7 nitrogen and oxygen atoms in total. The Hall–Kier alpha value is -3.99. The molecular formula is C26H23F3N4O3S. The molecule has 2 N–H and O–H groups in total. The van der Waals surface area contributed by atoms with Gasteiger partial charge in [-0.1, -0.05) is 32.9 Å². The van der Waals surface area contributed by atoms with E-state index in [1.54, 1.807) is 20.8 Å². The lowest BCUT2D eigenvalue weighted by Gasteiger charge is -2.16. The highest BCUT2D eigenvalue weighted by molar-refractivity contribution is 7.92. The van der Waals surface area contributed by atoms with Gasteiger partial charge in [-0.25, -0.2) is 31.6 Å². The molecule has 0 radical (unpaired) electrons. The summed E-state index contributed by atoms with van der Waals surface area (Å²) >= 11 is 0. The van der Waals surface area contributed by atoms with Crippen molar-refractivity contribution in [2.24, 2.45) is 5.41 Å². The first kappa shape index (κ1) is 26.1. The first-order valence-corrected chi connectivity index (χ1v) is 12.6. The molecule has 3 aromatic carbocycles. The van der Waals surface area contributed by atoms with Gasteiger partial charge >= 0.3 is 0 Å². The highest BCUT2D eigenvalue weighted by Crippen LogP contribution is 2.33. The summed E-state index contributed by atoms with van der Waals surface area (Å²) in [4.78, 5) is 20.2. The average molecular weight is 529 g/mol. The molecular weight excluding hydrogens is 505 g/mol. The maximum absolute atomic E-state index is 15.4. The van der Waals surface area contributed by atoms with Crippen LogP contribution in [0.25, 0.3) is 22.0 Å². The molecule has 1 heterocycles. The number of hydrogen-bond acceptors (Lipinski definition) is 5. The number of carbonyl (C=O) groups excluding carboxylic acids is 1. The van der Waals surface area contributed by atoms with Crippen molar-refractivity contribution in [3.8, 4) is 11.1 Å². The smallest absolute Gasteiger partial charge is 0.262 e. The van der Waals surface area contributed by atoms with Crippen molar-refractivity contribution in [1.29, 1.82) is 0 Å². The van der Waals surface area contributed by atoms with Crippen molar-refractivity contribution >= 4 is 38.5 Å². The second-order valence-electron chi connectivity index (χ2n) is 9.47. The predicted molar refractivity (Wildman–Crippen MR) is 135 cm³/mol. The van der Waals surface area contributed by atoms with Gasteiger partial charge in [0.2, 0.25) is 11.9 Å². The summed E-state index contributed by atoms with van der Waals surface area (Å²) in [6.45, 7) is 6.70. The van der Waals surface area contributed by atoms with Gasteiger partial charge in [0, 0.05) is 17.0 Å². The molecule has 0 aliphatic carbocycles. The van der Waals surface area contributed by atoms with Crippen LogP contribution in [-0.2, 0) is 14.8 Å². The van der Waals surface area contributed by atoms with Crippen LogP contribution in [0, 0.1) is 29.8 Å². The number of hydrogen-bond donors (Lipinski definition) is 2. The summed E-state index contributed by atoms with van der Waals surface area (Å²) < 4.78 is 71.6. The quantitative estimate of drug-likeness (QED) is 0.341. The second-order valence-corrected chi connectivity index (χ2v) is 11.1. The number of nitrogens with one attached hydrogen (secondary N) is 2. The standard InChI is InChI=1S/C26H23F3N4O3S/c1-14-5-7-17(27)12-21(14)37(35,36)33-20-10-8-18(28)22(23(20)29)15-6-9-19-16(11-15)13-30-25(31-19)32-24(34)26(2,3)4/h5-13,33H,1-4H3,(H,30,31,32,34). The van der Waals surface area contributed by atoms with E-state index >= 15 is 4.39 Å². The van der Waals surface area contributed by atoms with Gasteiger partial charge in [-0.15, -0.1) is 0 Å². The van der Waals surface area contributed by atoms with Gasteiger partial charge in [0.15, 0.2) is 5.82 Å². The van der Waals surface area contributed by atoms with E-state index in [0.717, 1.165) is 24.3 Å².